The smallest absolute Gasteiger partial charge is 0.339 e. The molecule has 0 unspecified atom stereocenters. The van der Waals surface area contributed by atoms with Crippen LogP contribution in [0.15, 0.2) is 80.4 Å². The minimum absolute atomic E-state index is 0.0454. The summed E-state index contributed by atoms with van der Waals surface area (Å²) < 4.78 is 5.04. The lowest BCUT2D eigenvalue weighted by molar-refractivity contribution is 0.0546. The van der Waals surface area contributed by atoms with E-state index in [4.69, 9.17) is 4.74 Å². The van der Waals surface area contributed by atoms with Gasteiger partial charge >= 0.3 is 5.97 Å². The van der Waals surface area contributed by atoms with Crippen molar-refractivity contribution in [3.8, 4) is 5.75 Å². The van der Waals surface area contributed by atoms with Crippen LogP contribution >= 0.6 is 0 Å². The van der Waals surface area contributed by atoms with Gasteiger partial charge in [0.05, 0.1) is 11.1 Å². The van der Waals surface area contributed by atoms with Crippen LogP contribution in [0.4, 0.5) is 5.69 Å². The number of nitrogens with zero attached hydrogens (tertiary/aromatic N) is 1. The molecule has 28 heavy (non-hydrogen) atoms. The van der Waals surface area contributed by atoms with E-state index in [1.165, 1.54) is 30.3 Å². The standard InChI is InChI=1S/C23H23NO4/c1-4-13-24(14-5-2)17-11-12-20(21(25)16-17)22(26)18-9-7-8-10-19(18)23(27)28-15-6-3/h4-12,16,25H,1-3,13-15H2. The van der Waals surface area contributed by atoms with E-state index in [1.54, 1.807) is 30.4 Å². The lowest BCUT2D eigenvalue weighted by Gasteiger charge is -2.22. The Morgan fingerprint density at radius 3 is 2.14 bits per heavy atom. The monoisotopic (exact) mass is 377 g/mol. The number of hydrogen-bond acceptors (Lipinski definition) is 5. The number of phenolic OH excluding ortho intramolecular Hbond substituents is 1. The third kappa shape index (κ3) is 4.76. The molecule has 144 valence electrons. The zero-order valence-corrected chi connectivity index (χ0v) is 15.6. The predicted molar refractivity (Wildman–Crippen MR) is 111 cm³/mol. The second-order valence-electron chi connectivity index (χ2n) is 5.95. The Kier molecular flexibility index (Phi) is 7.34. The highest BCUT2D eigenvalue weighted by Gasteiger charge is 2.21. The van der Waals surface area contributed by atoms with Crippen LogP contribution < -0.4 is 4.90 Å². The molecule has 0 fully saturated rings. The molecule has 1 N–H and O–H groups in total. The van der Waals surface area contributed by atoms with Crippen molar-refractivity contribution in [3.63, 3.8) is 0 Å². The topological polar surface area (TPSA) is 66.8 Å². The van der Waals surface area contributed by atoms with Gasteiger partial charge in [0.15, 0.2) is 5.78 Å². The summed E-state index contributed by atoms with van der Waals surface area (Å²) in [6, 6.07) is 11.1. The second kappa shape index (κ2) is 9.92. The number of carbonyl (C=O) groups excluding carboxylic acids is 2. The number of anilines is 1. The number of rotatable bonds is 10. The van der Waals surface area contributed by atoms with Gasteiger partial charge in [-0.3, -0.25) is 4.79 Å². The summed E-state index contributed by atoms with van der Waals surface area (Å²) in [5.41, 5.74) is 1.13. The zero-order valence-electron chi connectivity index (χ0n) is 15.6. The highest BCUT2D eigenvalue weighted by molar-refractivity contribution is 6.15. The van der Waals surface area contributed by atoms with Crippen LogP contribution in [0.1, 0.15) is 26.3 Å². The minimum atomic E-state index is -0.622. The Morgan fingerprint density at radius 1 is 0.929 bits per heavy atom. The van der Waals surface area contributed by atoms with Crippen molar-refractivity contribution in [2.45, 2.75) is 0 Å². The molecule has 5 heteroatoms. The predicted octanol–water partition coefficient (Wildman–Crippen LogP) is 4.14. The number of benzene rings is 2. The average Bonchev–Trinajstić information content (AvgIpc) is 2.71. The fourth-order valence-electron chi connectivity index (χ4n) is 2.72. The summed E-state index contributed by atoms with van der Waals surface area (Å²) in [5, 5.41) is 10.5. The van der Waals surface area contributed by atoms with Gasteiger partial charge in [-0.15, -0.1) is 13.2 Å². The van der Waals surface area contributed by atoms with Gasteiger partial charge in [-0.2, -0.15) is 0 Å². The molecule has 2 aromatic rings. The van der Waals surface area contributed by atoms with Crippen LogP contribution in [0.3, 0.4) is 0 Å². The molecule has 0 saturated heterocycles. The van der Waals surface area contributed by atoms with E-state index in [0.29, 0.717) is 13.1 Å². The average molecular weight is 377 g/mol. The van der Waals surface area contributed by atoms with Crippen LogP contribution in [-0.2, 0) is 4.74 Å². The third-order valence-electron chi connectivity index (χ3n) is 4.01. The van der Waals surface area contributed by atoms with Crippen molar-refractivity contribution in [1.29, 1.82) is 0 Å². The van der Waals surface area contributed by atoms with E-state index >= 15 is 0 Å². The number of phenols is 1. The molecular weight excluding hydrogens is 354 g/mol. The molecular formula is C23H23NO4. The fraction of sp³-hybridized carbons (Fsp3) is 0.130. The molecule has 0 saturated carbocycles. The van der Waals surface area contributed by atoms with Crippen molar-refractivity contribution in [3.05, 3.63) is 97.1 Å². The van der Waals surface area contributed by atoms with Crippen molar-refractivity contribution < 1.29 is 19.4 Å². The van der Waals surface area contributed by atoms with Gasteiger partial charge < -0.3 is 14.7 Å². The highest BCUT2D eigenvalue weighted by Crippen LogP contribution is 2.28. The zero-order chi connectivity index (χ0) is 20.5. The summed E-state index contributed by atoms with van der Waals surface area (Å²) in [6.45, 7) is 12.1. The van der Waals surface area contributed by atoms with Crippen LogP contribution in [0, 0.1) is 0 Å². The minimum Gasteiger partial charge on any atom is -0.507 e. The quantitative estimate of drug-likeness (QED) is 0.383. The Labute approximate surface area is 164 Å². The molecule has 0 aliphatic heterocycles. The number of carbonyl (C=O) groups is 2. The van der Waals surface area contributed by atoms with Gasteiger partial charge in [-0.1, -0.05) is 43.0 Å². The van der Waals surface area contributed by atoms with Crippen molar-refractivity contribution in [1.82, 2.24) is 0 Å². The van der Waals surface area contributed by atoms with Crippen molar-refractivity contribution in [2.75, 3.05) is 24.6 Å². The Balaban J connectivity index is 2.37. The van der Waals surface area contributed by atoms with E-state index in [9.17, 15) is 14.7 Å². The Bertz CT molecular complexity index is 891. The third-order valence-corrected chi connectivity index (χ3v) is 4.01. The van der Waals surface area contributed by atoms with E-state index in [1.807, 2.05) is 4.90 Å². The number of esters is 1. The van der Waals surface area contributed by atoms with Gasteiger partial charge in [-0.05, 0) is 18.2 Å². The lowest BCUT2D eigenvalue weighted by atomic mass is 9.97. The first kappa shape index (κ1) is 20.7. The molecule has 0 atom stereocenters. The highest BCUT2D eigenvalue weighted by atomic mass is 16.5. The van der Waals surface area contributed by atoms with Crippen molar-refractivity contribution in [2.24, 2.45) is 0 Å². The first-order chi connectivity index (χ1) is 13.5. The number of ketones is 1. The van der Waals surface area contributed by atoms with Crippen molar-refractivity contribution >= 4 is 17.4 Å². The van der Waals surface area contributed by atoms with Gasteiger partial charge in [0.25, 0.3) is 0 Å². The van der Waals surface area contributed by atoms with E-state index < -0.39 is 11.8 Å². The van der Waals surface area contributed by atoms with Gasteiger partial charge in [0, 0.05) is 30.4 Å². The molecule has 2 rings (SSSR count). The fourth-order valence-corrected chi connectivity index (χ4v) is 2.72. The SMILES string of the molecule is C=CCOC(=O)c1ccccc1C(=O)c1ccc(N(CC=C)CC=C)cc1O. The molecule has 0 heterocycles. The van der Waals surface area contributed by atoms with E-state index in [-0.39, 0.29) is 29.0 Å². The van der Waals surface area contributed by atoms with Crippen LogP contribution in [0.5, 0.6) is 5.75 Å². The molecule has 0 aliphatic rings. The molecule has 0 bridgehead atoms. The maximum atomic E-state index is 13.0. The van der Waals surface area contributed by atoms with Gasteiger partial charge in [-0.25, -0.2) is 4.79 Å². The maximum absolute atomic E-state index is 13.0. The molecule has 2 aromatic carbocycles. The molecule has 5 nitrogen and oxygen atoms in total. The molecule has 0 aromatic heterocycles. The lowest BCUT2D eigenvalue weighted by Crippen LogP contribution is -2.23. The first-order valence-corrected chi connectivity index (χ1v) is 8.75. The van der Waals surface area contributed by atoms with Gasteiger partial charge in [0.1, 0.15) is 12.4 Å². The van der Waals surface area contributed by atoms with E-state index in [0.717, 1.165) is 5.69 Å². The second-order valence-corrected chi connectivity index (χ2v) is 5.95. The number of ether oxygens (including phenoxy) is 1. The van der Waals surface area contributed by atoms with Crippen LogP contribution in [0.25, 0.3) is 0 Å². The summed E-state index contributed by atoms with van der Waals surface area (Å²) >= 11 is 0. The molecule has 0 amide bonds. The Hall–Kier alpha value is -3.60. The van der Waals surface area contributed by atoms with Crippen LogP contribution in [-0.4, -0.2) is 36.6 Å². The normalized spacial score (nSPS) is 10.0. The van der Waals surface area contributed by atoms with E-state index in [2.05, 4.69) is 19.7 Å². The maximum Gasteiger partial charge on any atom is 0.339 e. The first-order valence-electron chi connectivity index (χ1n) is 8.75. The summed E-state index contributed by atoms with van der Waals surface area (Å²) in [7, 11) is 0. The summed E-state index contributed by atoms with van der Waals surface area (Å²) in [5.74, 6) is -1.26. The molecule has 0 aliphatic carbocycles. The molecule has 0 spiro atoms. The number of hydrogen-bond donors (Lipinski definition) is 1. The number of aromatic hydroxyl groups is 1. The van der Waals surface area contributed by atoms with Crippen LogP contribution in [0.2, 0.25) is 0 Å². The summed E-state index contributed by atoms with van der Waals surface area (Å²) in [4.78, 5) is 27.1. The van der Waals surface area contributed by atoms with Gasteiger partial charge in [0.2, 0.25) is 0 Å². The molecule has 0 radical (unpaired) electrons. The Morgan fingerprint density at radius 2 is 1.57 bits per heavy atom. The largest absolute Gasteiger partial charge is 0.507 e. The summed E-state index contributed by atoms with van der Waals surface area (Å²) in [6.07, 6.45) is 4.93.